The van der Waals surface area contributed by atoms with Gasteiger partial charge in [0.2, 0.25) is 0 Å². The molecule has 0 unspecified atom stereocenters. The van der Waals surface area contributed by atoms with Gasteiger partial charge in [-0.3, -0.25) is 4.98 Å². The maximum absolute atomic E-state index is 6.02. The average Bonchev–Trinajstić information content (AvgIpc) is 2.42. The molecular formula is C15H23N3. The van der Waals surface area contributed by atoms with Gasteiger partial charge in [-0.25, -0.2) is 0 Å². The van der Waals surface area contributed by atoms with Crippen molar-refractivity contribution in [3.63, 3.8) is 0 Å². The lowest BCUT2D eigenvalue weighted by molar-refractivity contribution is 0.144. The van der Waals surface area contributed by atoms with Crippen LogP contribution in [-0.4, -0.2) is 18.1 Å². The molecule has 0 atom stereocenters. The smallest absolute Gasteiger partial charge is 0.0738 e. The summed E-state index contributed by atoms with van der Waals surface area (Å²) < 4.78 is 0. The third kappa shape index (κ3) is 2.18. The van der Waals surface area contributed by atoms with Crippen molar-refractivity contribution in [3.8, 4) is 0 Å². The molecule has 2 N–H and O–H groups in total. The van der Waals surface area contributed by atoms with Crippen LogP contribution in [0.5, 0.6) is 0 Å². The summed E-state index contributed by atoms with van der Waals surface area (Å²) in [5.74, 6) is 0. The molecule has 3 heteroatoms. The zero-order chi connectivity index (χ0) is 12.4. The fourth-order valence-corrected chi connectivity index (χ4v) is 3.71. The number of nitrogen functional groups attached to an aromatic ring is 1. The molecule has 1 spiro atoms. The number of aromatic nitrogens is 1. The molecule has 1 aliphatic heterocycles. The maximum Gasteiger partial charge on any atom is 0.0738 e. The van der Waals surface area contributed by atoms with E-state index in [0.29, 0.717) is 5.41 Å². The summed E-state index contributed by atoms with van der Waals surface area (Å²) in [6.45, 7) is 2.32. The summed E-state index contributed by atoms with van der Waals surface area (Å²) in [6, 6.07) is 2.05. The SMILES string of the molecule is Nc1cnccc1N1CCC2(CCCCC2)CC1. The molecule has 0 amide bonds. The van der Waals surface area contributed by atoms with Gasteiger partial charge < -0.3 is 10.6 Å². The summed E-state index contributed by atoms with van der Waals surface area (Å²) in [7, 11) is 0. The highest BCUT2D eigenvalue weighted by molar-refractivity contribution is 5.66. The standard InChI is InChI=1S/C15H23N3/c16-13-12-17-9-4-14(13)18-10-7-15(8-11-18)5-2-1-3-6-15/h4,9,12H,1-3,5-8,10-11,16H2. The van der Waals surface area contributed by atoms with E-state index in [0.717, 1.165) is 18.8 Å². The van der Waals surface area contributed by atoms with Crippen LogP contribution in [0.25, 0.3) is 0 Å². The molecule has 2 heterocycles. The highest BCUT2D eigenvalue weighted by Gasteiger charge is 2.35. The Bertz CT molecular complexity index is 400. The van der Waals surface area contributed by atoms with E-state index in [1.807, 2.05) is 12.3 Å². The van der Waals surface area contributed by atoms with E-state index in [2.05, 4.69) is 9.88 Å². The van der Waals surface area contributed by atoms with Crippen molar-refractivity contribution in [2.75, 3.05) is 23.7 Å². The zero-order valence-electron chi connectivity index (χ0n) is 11.1. The van der Waals surface area contributed by atoms with Gasteiger partial charge in [-0.1, -0.05) is 19.3 Å². The molecule has 3 nitrogen and oxygen atoms in total. The summed E-state index contributed by atoms with van der Waals surface area (Å²) in [6.07, 6.45) is 13.5. The van der Waals surface area contributed by atoms with Crippen molar-refractivity contribution >= 4 is 11.4 Å². The van der Waals surface area contributed by atoms with Gasteiger partial charge >= 0.3 is 0 Å². The minimum absolute atomic E-state index is 0.663. The number of hydrogen-bond acceptors (Lipinski definition) is 3. The van der Waals surface area contributed by atoms with Crippen LogP contribution >= 0.6 is 0 Å². The molecule has 1 aromatic rings. The summed E-state index contributed by atoms with van der Waals surface area (Å²) in [5, 5.41) is 0. The Morgan fingerprint density at radius 2 is 1.78 bits per heavy atom. The molecule has 0 aromatic carbocycles. The van der Waals surface area contributed by atoms with Crippen LogP contribution in [0.2, 0.25) is 0 Å². The Morgan fingerprint density at radius 3 is 2.44 bits per heavy atom. The predicted octanol–water partition coefficient (Wildman–Crippen LogP) is 3.21. The minimum Gasteiger partial charge on any atom is -0.396 e. The number of piperidine rings is 1. The topological polar surface area (TPSA) is 42.1 Å². The van der Waals surface area contributed by atoms with E-state index in [1.54, 1.807) is 6.20 Å². The number of pyridine rings is 1. The first kappa shape index (κ1) is 11.8. The van der Waals surface area contributed by atoms with Crippen LogP contribution in [-0.2, 0) is 0 Å². The van der Waals surface area contributed by atoms with Gasteiger partial charge in [0.1, 0.15) is 0 Å². The Balaban J connectivity index is 1.68. The molecule has 3 rings (SSSR count). The normalized spacial score (nSPS) is 23.2. The number of anilines is 2. The quantitative estimate of drug-likeness (QED) is 0.826. The van der Waals surface area contributed by atoms with Crippen molar-refractivity contribution in [2.24, 2.45) is 5.41 Å². The molecule has 2 fully saturated rings. The molecule has 2 aliphatic rings. The zero-order valence-corrected chi connectivity index (χ0v) is 11.1. The molecule has 0 radical (unpaired) electrons. The van der Waals surface area contributed by atoms with Gasteiger partial charge in [0.05, 0.1) is 17.6 Å². The lowest BCUT2D eigenvalue weighted by atomic mass is 9.68. The molecule has 98 valence electrons. The van der Waals surface area contributed by atoms with Crippen LogP contribution in [0.15, 0.2) is 18.5 Å². The third-order valence-electron chi connectivity index (χ3n) is 4.91. The highest BCUT2D eigenvalue weighted by Crippen LogP contribution is 2.45. The number of hydrogen-bond donors (Lipinski definition) is 1. The Kier molecular flexibility index (Phi) is 3.14. The third-order valence-corrected chi connectivity index (χ3v) is 4.91. The Hall–Kier alpha value is -1.25. The largest absolute Gasteiger partial charge is 0.396 e. The van der Waals surface area contributed by atoms with Crippen molar-refractivity contribution in [2.45, 2.75) is 44.9 Å². The van der Waals surface area contributed by atoms with E-state index >= 15 is 0 Å². The van der Waals surface area contributed by atoms with Crippen LogP contribution in [0.4, 0.5) is 11.4 Å². The molecule has 1 saturated heterocycles. The lowest BCUT2D eigenvalue weighted by Gasteiger charge is -2.45. The maximum atomic E-state index is 6.02. The van der Waals surface area contributed by atoms with Gasteiger partial charge in [0.25, 0.3) is 0 Å². The average molecular weight is 245 g/mol. The fourth-order valence-electron chi connectivity index (χ4n) is 3.71. The summed E-state index contributed by atoms with van der Waals surface area (Å²) in [4.78, 5) is 6.51. The summed E-state index contributed by atoms with van der Waals surface area (Å²) >= 11 is 0. The van der Waals surface area contributed by atoms with Gasteiger partial charge in [0.15, 0.2) is 0 Å². The number of nitrogens with zero attached hydrogens (tertiary/aromatic N) is 2. The Morgan fingerprint density at radius 1 is 1.06 bits per heavy atom. The second-order valence-electron chi connectivity index (χ2n) is 5.98. The fraction of sp³-hybridized carbons (Fsp3) is 0.667. The van der Waals surface area contributed by atoms with E-state index in [-0.39, 0.29) is 0 Å². The predicted molar refractivity (Wildman–Crippen MR) is 75.6 cm³/mol. The van der Waals surface area contributed by atoms with E-state index in [4.69, 9.17) is 5.73 Å². The first-order chi connectivity index (χ1) is 8.79. The van der Waals surface area contributed by atoms with Crippen molar-refractivity contribution in [1.29, 1.82) is 0 Å². The molecule has 1 aliphatic carbocycles. The number of nitrogens with two attached hydrogens (primary N) is 1. The van der Waals surface area contributed by atoms with E-state index in [9.17, 15) is 0 Å². The first-order valence-corrected chi connectivity index (χ1v) is 7.24. The van der Waals surface area contributed by atoms with Crippen LogP contribution in [0.1, 0.15) is 44.9 Å². The summed E-state index contributed by atoms with van der Waals surface area (Å²) in [5.41, 5.74) is 8.67. The van der Waals surface area contributed by atoms with Crippen molar-refractivity contribution < 1.29 is 0 Å². The van der Waals surface area contributed by atoms with Crippen molar-refractivity contribution in [1.82, 2.24) is 4.98 Å². The minimum atomic E-state index is 0.663. The molecule has 18 heavy (non-hydrogen) atoms. The van der Waals surface area contributed by atoms with Gasteiger partial charge in [-0.05, 0) is 37.2 Å². The molecule has 1 saturated carbocycles. The van der Waals surface area contributed by atoms with Gasteiger partial charge in [-0.2, -0.15) is 0 Å². The second kappa shape index (κ2) is 4.79. The van der Waals surface area contributed by atoms with E-state index in [1.165, 1.54) is 50.6 Å². The van der Waals surface area contributed by atoms with Crippen LogP contribution < -0.4 is 10.6 Å². The van der Waals surface area contributed by atoms with Crippen molar-refractivity contribution in [3.05, 3.63) is 18.5 Å². The molecule has 1 aromatic heterocycles. The molecular weight excluding hydrogens is 222 g/mol. The highest BCUT2D eigenvalue weighted by atomic mass is 15.1. The second-order valence-corrected chi connectivity index (χ2v) is 5.98. The monoisotopic (exact) mass is 245 g/mol. The number of rotatable bonds is 1. The van der Waals surface area contributed by atoms with E-state index < -0.39 is 0 Å². The molecule has 0 bridgehead atoms. The first-order valence-electron chi connectivity index (χ1n) is 7.24. The van der Waals surface area contributed by atoms with Gasteiger partial charge in [0, 0.05) is 19.3 Å². The van der Waals surface area contributed by atoms with Crippen LogP contribution in [0, 0.1) is 5.41 Å². The van der Waals surface area contributed by atoms with Crippen LogP contribution in [0.3, 0.4) is 0 Å². The Labute approximate surface area is 109 Å². The van der Waals surface area contributed by atoms with Gasteiger partial charge in [-0.15, -0.1) is 0 Å². The lowest BCUT2D eigenvalue weighted by Crippen LogP contribution is -2.41.